The van der Waals surface area contributed by atoms with Crippen LogP contribution in [0.15, 0.2) is 29.2 Å². The minimum Gasteiger partial charge on any atom is -0.302 e. The first kappa shape index (κ1) is 17.4. The number of nitrogens with zero attached hydrogens (tertiary/aromatic N) is 1. The van der Waals surface area contributed by atoms with Crippen molar-refractivity contribution in [3.8, 4) is 0 Å². The van der Waals surface area contributed by atoms with E-state index in [1.165, 1.54) is 22.6 Å². The summed E-state index contributed by atoms with van der Waals surface area (Å²) < 4.78 is 39.7. The first-order valence-electron chi connectivity index (χ1n) is 6.81. The summed E-state index contributed by atoms with van der Waals surface area (Å²) in [4.78, 5) is 24.6. The molecule has 1 N–H and O–H groups in total. The van der Waals surface area contributed by atoms with E-state index in [0.29, 0.717) is 6.54 Å². The highest BCUT2D eigenvalue weighted by molar-refractivity contribution is 7.97. The topological polar surface area (TPSA) is 54.9 Å². The molecule has 124 valence electrons. The molecule has 0 radical (unpaired) electrons. The van der Waals surface area contributed by atoms with Crippen molar-refractivity contribution < 1.29 is 18.0 Å². The van der Waals surface area contributed by atoms with Gasteiger partial charge in [-0.2, -0.15) is 24.9 Å². The molecule has 0 saturated heterocycles. The van der Waals surface area contributed by atoms with E-state index in [2.05, 4.69) is 5.10 Å². The number of aryl methyl sites for hydroxylation is 1. The van der Waals surface area contributed by atoms with Gasteiger partial charge in [0, 0.05) is 24.1 Å². The van der Waals surface area contributed by atoms with Gasteiger partial charge in [0.1, 0.15) is 5.56 Å². The molecule has 0 aliphatic rings. The number of benzene rings is 1. The molecule has 0 fully saturated rings. The maximum atomic E-state index is 12.8. The molecule has 2 rings (SSSR count). The lowest BCUT2D eigenvalue weighted by atomic mass is 9.98. The second kappa shape index (κ2) is 6.66. The highest BCUT2D eigenvalue weighted by Gasteiger charge is 2.31. The number of ketones is 1. The second-order valence-corrected chi connectivity index (χ2v) is 5.73. The molecule has 1 aromatic carbocycles. The van der Waals surface area contributed by atoms with E-state index in [9.17, 15) is 22.8 Å². The molecule has 0 spiro atoms. The lowest BCUT2D eigenvalue weighted by Gasteiger charge is -2.12. The smallest absolute Gasteiger partial charge is 0.302 e. The number of hydrogen-bond donors (Lipinski definition) is 1. The van der Waals surface area contributed by atoms with Gasteiger partial charge in [0.25, 0.3) is 5.56 Å². The maximum absolute atomic E-state index is 12.8. The number of alkyl halides is 3. The monoisotopic (exact) mass is 344 g/mol. The lowest BCUT2D eigenvalue weighted by molar-refractivity contribution is -0.137. The van der Waals surface area contributed by atoms with Crippen LogP contribution >= 0.6 is 11.8 Å². The molecular formula is C15H15F3N2O2S. The molecule has 4 nitrogen and oxygen atoms in total. The van der Waals surface area contributed by atoms with Crippen LogP contribution in [0.4, 0.5) is 13.2 Å². The van der Waals surface area contributed by atoms with E-state index in [1.807, 2.05) is 0 Å². The molecule has 8 heteroatoms. The third-order valence-electron chi connectivity index (χ3n) is 3.38. The largest absolute Gasteiger partial charge is 0.416 e. The molecule has 0 aliphatic heterocycles. The summed E-state index contributed by atoms with van der Waals surface area (Å²) >= 11 is 1.30. The van der Waals surface area contributed by atoms with Gasteiger partial charge in [-0.3, -0.25) is 14.3 Å². The lowest BCUT2D eigenvalue weighted by Crippen LogP contribution is -2.21. The normalized spacial score (nSPS) is 11.7. The molecule has 0 aliphatic carbocycles. The number of aromatic amines is 1. The zero-order valence-corrected chi connectivity index (χ0v) is 13.3. The van der Waals surface area contributed by atoms with E-state index in [-0.39, 0.29) is 22.4 Å². The average Bonchev–Trinajstić information content (AvgIpc) is 2.87. The van der Waals surface area contributed by atoms with Crippen molar-refractivity contribution in [3.05, 3.63) is 57.0 Å². The number of hydrogen-bond acceptors (Lipinski definition) is 3. The van der Waals surface area contributed by atoms with Crippen LogP contribution in [0.25, 0.3) is 0 Å². The molecule has 2 aromatic rings. The Balaban J connectivity index is 2.51. The number of nitrogens with one attached hydrogen (secondary N) is 1. The Kier molecular flexibility index (Phi) is 5.03. The molecule has 0 bridgehead atoms. The van der Waals surface area contributed by atoms with Crippen molar-refractivity contribution in [1.29, 1.82) is 0 Å². The number of thioether (sulfide) groups is 1. The molecule has 1 heterocycles. The SMILES string of the molecule is CCn1[nH]cc(C(=O)c2ccc(C(F)(F)F)cc2CSC)c1=O. The van der Waals surface area contributed by atoms with Crippen molar-refractivity contribution in [3.63, 3.8) is 0 Å². The van der Waals surface area contributed by atoms with Gasteiger partial charge in [0.2, 0.25) is 0 Å². The van der Waals surface area contributed by atoms with Gasteiger partial charge in [-0.15, -0.1) is 0 Å². The Hall–Kier alpha value is -1.96. The Morgan fingerprint density at radius 3 is 2.52 bits per heavy atom. The Morgan fingerprint density at radius 2 is 2.00 bits per heavy atom. The van der Waals surface area contributed by atoms with Crippen LogP contribution in [-0.2, 0) is 18.5 Å². The summed E-state index contributed by atoms with van der Waals surface area (Å²) in [5, 5.41) is 2.66. The first-order chi connectivity index (χ1) is 10.8. The Morgan fingerprint density at radius 1 is 1.30 bits per heavy atom. The van der Waals surface area contributed by atoms with E-state index < -0.39 is 23.1 Å². The minimum absolute atomic E-state index is 0.0750. The average molecular weight is 344 g/mol. The molecular weight excluding hydrogens is 329 g/mol. The van der Waals surface area contributed by atoms with E-state index in [1.54, 1.807) is 13.2 Å². The van der Waals surface area contributed by atoms with Gasteiger partial charge in [-0.05, 0) is 30.9 Å². The first-order valence-corrected chi connectivity index (χ1v) is 8.21. The zero-order chi connectivity index (χ0) is 17.2. The fourth-order valence-corrected chi connectivity index (χ4v) is 2.77. The number of carbonyl (C=O) groups is 1. The Labute approximate surface area is 134 Å². The Bertz CT molecular complexity index is 778. The van der Waals surface area contributed by atoms with E-state index in [4.69, 9.17) is 0 Å². The summed E-state index contributed by atoms with van der Waals surface area (Å²) in [6.45, 7) is 2.11. The molecule has 23 heavy (non-hydrogen) atoms. The summed E-state index contributed by atoms with van der Waals surface area (Å²) in [7, 11) is 0. The summed E-state index contributed by atoms with van der Waals surface area (Å²) in [6, 6.07) is 2.97. The summed E-state index contributed by atoms with van der Waals surface area (Å²) in [5.74, 6) is -0.326. The fraction of sp³-hybridized carbons (Fsp3) is 0.333. The second-order valence-electron chi connectivity index (χ2n) is 4.87. The number of carbonyl (C=O) groups excluding carboxylic acids is 1. The molecule has 0 amide bonds. The van der Waals surface area contributed by atoms with Crippen LogP contribution in [-0.4, -0.2) is 21.8 Å². The summed E-state index contributed by atoms with van der Waals surface area (Å²) in [6.07, 6.45) is -1.46. The zero-order valence-electron chi connectivity index (χ0n) is 12.5. The van der Waals surface area contributed by atoms with Crippen LogP contribution in [0, 0.1) is 0 Å². The van der Waals surface area contributed by atoms with Crippen molar-refractivity contribution >= 4 is 17.5 Å². The van der Waals surface area contributed by atoms with Crippen LogP contribution in [0.1, 0.15) is 34.0 Å². The van der Waals surface area contributed by atoms with Gasteiger partial charge < -0.3 is 5.10 Å². The number of H-pyrrole nitrogens is 1. The number of rotatable bonds is 5. The third kappa shape index (κ3) is 3.52. The molecule has 0 saturated carbocycles. The van der Waals surface area contributed by atoms with Crippen LogP contribution in [0.3, 0.4) is 0 Å². The third-order valence-corrected chi connectivity index (χ3v) is 3.98. The summed E-state index contributed by atoms with van der Waals surface area (Å²) in [5.41, 5.74) is -0.979. The molecule has 0 atom stereocenters. The maximum Gasteiger partial charge on any atom is 0.416 e. The van der Waals surface area contributed by atoms with Gasteiger partial charge >= 0.3 is 6.18 Å². The van der Waals surface area contributed by atoms with Gasteiger partial charge in [-0.1, -0.05) is 6.07 Å². The van der Waals surface area contributed by atoms with Crippen molar-refractivity contribution in [2.75, 3.05) is 6.26 Å². The highest BCUT2D eigenvalue weighted by Crippen LogP contribution is 2.31. The van der Waals surface area contributed by atoms with E-state index in [0.717, 1.165) is 18.2 Å². The molecule has 0 unspecified atom stereocenters. The number of aromatic nitrogens is 2. The standard InChI is InChI=1S/C15H15F3N2O2S/c1-3-20-14(22)12(7-19-20)13(21)11-5-4-10(15(16,17)18)6-9(11)8-23-2/h4-7,19H,3,8H2,1-2H3. The van der Waals surface area contributed by atoms with Gasteiger partial charge in [-0.25, -0.2) is 0 Å². The van der Waals surface area contributed by atoms with Crippen molar-refractivity contribution in [1.82, 2.24) is 9.78 Å². The predicted octanol–water partition coefficient (Wildman–Crippen LogP) is 3.31. The van der Waals surface area contributed by atoms with Crippen molar-refractivity contribution in [2.24, 2.45) is 0 Å². The predicted molar refractivity (Wildman–Crippen MR) is 82.8 cm³/mol. The number of halogens is 3. The van der Waals surface area contributed by atoms with Crippen LogP contribution in [0.2, 0.25) is 0 Å². The minimum atomic E-state index is -4.47. The highest BCUT2D eigenvalue weighted by atomic mass is 32.2. The van der Waals surface area contributed by atoms with Crippen LogP contribution in [0.5, 0.6) is 0 Å². The quantitative estimate of drug-likeness (QED) is 0.847. The van der Waals surface area contributed by atoms with E-state index >= 15 is 0 Å². The van der Waals surface area contributed by atoms with Crippen LogP contribution < -0.4 is 5.56 Å². The van der Waals surface area contributed by atoms with Gasteiger partial charge in [0.05, 0.1) is 5.56 Å². The van der Waals surface area contributed by atoms with Crippen molar-refractivity contribution in [2.45, 2.75) is 25.4 Å². The fourth-order valence-electron chi connectivity index (χ4n) is 2.22. The van der Waals surface area contributed by atoms with Gasteiger partial charge in [0.15, 0.2) is 5.78 Å². The molecule has 1 aromatic heterocycles.